The molecule has 6 N–H and O–H groups in total. The van der Waals surface area contributed by atoms with Crippen LogP contribution in [0.15, 0.2) is 0 Å². The van der Waals surface area contributed by atoms with Crippen LogP contribution in [0.5, 0.6) is 0 Å². The summed E-state index contributed by atoms with van der Waals surface area (Å²) in [7, 11) is 0. The molecule has 1 fully saturated rings. The van der Waals surface area contributed by atoms with Crippen molar-refractivity contribution >= 4 is 17.2 Å². The Labute approximate surface area is 161 Å². The Hall–Kier alpha value is -0.350. The highest BCUT2D eigenvalue weighted by Gasteiger charge is 2.35. The molecular formula is C18H35NO6S. The quantitative estimate of drug-likeness (QED) is 0.231. The van der Waals surface area contributed by atoms with Crippen molar-refractivity contribution in [2.24, 2.45) is 0 Å². The van der Waals surface area contributed by atoms with Gasteiger partial charge in [-0.1, -0.05) is 26.1 Å². The van der Waals surface area contributed by atoms with Crippen LogP contribution in [0, 0.1) is 0 Å². The minimum absolute atomic E-state index is 0.0754. The van der Waals surface area contributed by atoms with Crippen molar-refractivity contribution in [3.05, 3.63) is 0 Å². The Bertz CT molecular complexity index is 413. The molecule has 0 aromatic heterocycles. The van der Waals surface area contributed by atoms with Gasteiger partial charge in [0.15, 0.2) is 0 Å². The number of thiocarbonyl (C=S) groups is 1. The van der Waals surface area contributed by atoms with Gasteiger partial charge in [-0.2, -0.15) is 0 Å². The number of aliphatic hydroxyl groups is 5. The number of aliphatic hydroxyl groups excluding tert-OH is 5. The second-order valence-electron chi connectivity index (χ2n) is 7.14. The van der Waals surface area contributed by atoms with Gasteiger partial charge in [-0.3, -0.25) is 0 Å². The van der Waals surface area contributed by atoms with Crippen molar-refractivity contribution in [2.75, 3.05) is 6.61 Å². The predicted molar refractivity (Wildman–Crippen MR) is 103 cm³/mol. The molecule has 26 heavy (non-hydrogen) atoms. The number of hydrogen-bond acceptors (Lipinski definition) is 7. The lowest BCUT2D eigenvalue weighted by Crippen LogP contribution is -2.49. The minimum atomic E-state index is -1.25. The number of ether oxygens (including phenoxy) is 1. The molecule has 0 heterocycles. The number of hydrogen-bond donors (Lipinski definition) is 6. The molecule has 154 valence electrons. The van der Waals surface area contributed by atoms with Crippen LogP contribution in [-0.2, 0) is 4.74 Å². The molecule has 7 unspecified atom stereocenters. The van der Waals surface area contributed by atoms with E-state index in [9.17, 15) is 25.5 Å². The zero-order chi connectivity index (χ0) is 19.7. The first kappa shape index (κ1) is 23.7. The fraction of sp³-hybridized carbons (Fsp3) is 0.944. The Morgan fingerprint density at radius 1 is 1.15 bits per heavy atom. The third kappa shape index (κ3) is 7.72. The summed E-state index contributed by atoms with van der Waals surface area (Å²) < 4.78 is 5.79. The first-order chi connectivity index (χ1) is 12.3. The van der Waals surface area contributed by atoms with Gasteiger partial charge in [-0.05, 0) is 38.5 Å². The zero-order valence-corrected chi connectivity index (χ0v) is 16.6. The molecule has 0 amide bonds. The standard InChI is InChI=1S/C18H35NO6S/c1-3-6-16(26)19-12(14(22)9-11(20)4-2)10-25-15-8-5-7-13(21)17(23)18(15)24/h11-15,17-18,20-24H,3-10H2,1-2H3,(H,19,26). The maximum absolute atomic E-state index is 10.5. The molecule has 0 bridgehead atoms. The summed E-state index contributed by atoms with van der Waals surface area (Å²) in [5.74, 6) is 0. The van der Waals surface area contributed by atoms with Crippen LogP contribution in [0.4, 0.5) is 0 Å². The zero-order valence-electron chi connectivity index (χ0n) is 15.8. The first-order valence-electron chi connectivity index (χ1n) is 9.61. The van der Waals surface area contributed by atoms with Gasteiger partial charge < -0.3 is 35.6 Å². The maximum Gasteiger partial charge on any atom is 0.108 e. The van der Waals surface area contributed by atoms with Crippen LogP contribution in [0.2, 0.25) is 0 Å². The summed E-state index contributed by atoms with van der Waals surface area (Å²) in [6.07, 6.45) is -1.67. The molecule has 0 aromatic rings. The van der Waals surface area contributed by atoms with Crippen molar-refractivity contribution in [1.29, 1.82) is 0 Å². The molecule has 1 aliphatic carbocycles. The van der Waals surface area contributed by atoms with Crippen molar-refractivity contribution in [2.45, 2.75) is 101 Å². The molecule has 8 heteroatoms. The van der Waals surface area contributed by atoms with Gasteiger partial charge in [0.25, 0.3) is 0 Å². The number of nitrogens with one attached hydrogen (secondary N) is 1. The van der Waals surface area contributed by atoms with E-state index < -0.39 is 42.7 Å². The monoisotopic (exact) mass is 393 g/mol. The average molecular weight is 394 g/mol. The highest BCUT2D eigenvalue weighted by molar-refractivity contribution is 7.80. The van der Waals surface area contributed by atoms with Gasteiger partial charge in [0.1, 0.15) is 12.2 Å². The van der Waals surface area contributed by atoms with E-state index in [4.69, 9.17) is 17.0 Å². The highest BCUT2D eigenvalue weighted by Crippen LogP contribution is 2.22. The molecule has 7 atom stereocenters. The van der Waals surface area contributed by atoms with Crippen molar-refractivity contribution in [1.82, 2.24) is 5.32 Å². The second-order valence-corrected chi connectivity index (χ2v) is 7.63. The van der Waals surface area contributed by atoms with E-state index >= 15 is 0 Å². The lowest BCUT2D eigenvalue weighted by Gasteiger charge is -2.30. The third-order valence-electron chi connectivity index (χ3n) is 4.88. The normalized spacial score (nSPS) is 30.3. The van der Waals surface area contributed by atoms with Crippen LogP contribution in [0.3, 0.4) is 0 Å². The van der Waals surface area contributed by atoms with Crippen LogP contribution in [0.1, 0.15) is 58.8 Å². The highest BCUT2D eigenvalue weighted by atomic mass is 32.1. The fourth-order valence-corrected chi connectivity index (χ4v) is 3.45. The van der Waals surface area contributed by atoms with E-state index in [2.05, 4.69) is 5.32 Å². The van der Waals surface area contributed by atoms with Crippen molar-refractivity contribution < 1.29 is 30.3 Å². The van der Waals surface area contributed by atoms with E-state index in [1.54, 1.807) is 0 Å². The van der Waals surface area contributed by atoms with Crippen LogP contribution in [0.25, 0.3) is 0 Å². The molecule has 1 saturated carbocycles. The first-order valence-corrected chi connectivity index (χ1v) is 10.0. The van der Waals surface area contributed by atoms with E-state index in [0.717, 1.165) is 6.42 Å². The fourth-order valence-electron chi connectivity index (χ4n) is 3.09. The van der Waals surface area contributed by atoms with Gasteiger partial charge in [0.05, 0.1) is 42.1 Å². The number of rotatable bonds is 10. The van der Waals surface area contributed by atoms with Crippen LogP contribution < -0.4 is 5.32 Å². The second kappa shape index (κ2) is 12.2. The molecule has 0 radical (unpaired) electrons. The SMILES string of the molecule is CCCC(=S)NC(COC1CCCC(O)C(O)C1O)C(O)CC(O)CC. The average Bonchev–Trinajstić information content (AvgIpc) is 2.72. The van der Waals surface area contributed by atoms with Gasteiger partial charge in [-0.15, -0.1) is 0 Å². The lowest BCUT2D eigenvalue weighted by molar-refractivity contribution is -0.120. The summed E-state index contributed by atoms with van der Waals surface area (Å²) >= 11 is 5.28. The lowest BCUT2D eigenvalue weighted by atomic mass is 10.0. The molecule has 0 aliphatic heterocycles. The van der Waals surface area contributed by atoms with Gasteiger partial charge >= 0.3 is 0 Å². The predicted octanol–water partition coefficient (Wildman–Crippen LogP) is 0.246. The molecule has 1 aliphatic rings. The molecule has 7 nitrogen and oxygen atoms in total. The summed E-state index contributed by atoms with van der Waals surface area (Å²) in [5, 5.41) is 53.3. The van der Waals surface area contributed by atoms with E-state index in [1.165, 1.54) is 0 Å². The molecular weight excluding hydrogens is 358 g/mol. The van der Waals surface area contributed by atoms with Gasteiger partial charge in [0, 0.05) is 6.42 Å². The Morgan fingerprint density at radius 2 is 1.85 bits per heavy atom. The van der Waals surface area contributed by atoms with Crippen LogP contribution >= 0.6 is 12.2 Å². The molecule has 0 spiro atoms. The van der Waals surface area contributed by atoms with E-state index in [1.807, 2.05) is 13.8 Å². The third-order valence-corrected chi connectivity index (χ3v) is 5.20. The largest absolute Gasteiger partial charge is 0.393 e. The van der Waals surface area contributed by atoms with E-state index in [-0.39, 0.29) is 13.0 Å². The summed E-state index contributed by atoms with van der Waals surface area (Å²) in [5.41, 5.74) is 0. The van der Waals surface area contributed by atoms with E-state index in [0.29, 0.717) is 37.1 Å². The van der Waals surface area contributed by atoms with Crippen molar-refractivity contribution in [3.63, 3.8) is 0 Å². The van der Waals surface area contributed by atoms with Gasteiger partial charge in [0.2, 0.25) is 0 Å². The van der Waals surface area contributed by atoms with Crippen molar-refractivity contribution in [3.8, 4) is 0 Å². The van der Waals surface area contributed by atoms with Gasteiger partial charge in [-0.25, -0.2) is 0 Å². The Balaban J connectivity index is 2.69. The minimum Gasteiger partial charge on any atom is -0.393 e. The molecule has 0 aromatic carbocycles. The molecule has 0 saturated heterocycles. The maximum atomic E-state index is 10.5. The topological polar surface area (TPSA) is 122 Å². The summed E-state index contributed by atoms with van der Waals surface area (Å²) in [6.45, 7) is 3.92. The van der Waals surface area contributed by atoms with Crippen LogP contribution in [-0.4, -0.2) is 79.8 Å². The smallest absolute Gasteiger partial charge is 0.108 e. The Morgan fingerprint density at radius 3 is 2.46 bits per heavy atom. The summed E-state index contributed by atoms with van der Waals surface area (Å²) in [6, 6.07) is -0.521. The Kier molecular flexibility index (Phi) is 11.1. The molecule has 1 rings (SSSR count). The summed E-state index contributed by atoms with van der Waals surface area (Å²) in [4.78, 5) is 0.614.